The molecule has 0 heterocycles. The fourth-order valence-corrected chi connectivity index (χ4v) is 1.66. The minimum Gasteiger partial charge on any atom is -0.508 e. The number of phenols is 1. The number of azo groups is 1. The number of hydrogen-bond donors (Lipinski definition) is 1. The van der Waals surface area contributed by atoms with Crippen molar-refractivity contribution in [3.05, 3.63) is 47.5 Å². The Labute approximate surface area is 112 Å². The lowest BCUT2D eigenvalue weighted by atomic mass is 10.1. The van der Waals surface area contributed by atoms with Gasteiger partial charge in [-0.15, -0.1) is 0 Å². The molecule has 4 nitrogen and oxygen atoms in total. The molecule has 0 aliphatic carbocycles. The highest BCUT2D eigenvalue weighted by molar-refractivity contribution is 5.54. The van der Waals surface area contributed by atoms with E-state index in [1.807, 2.05) is 38.1 Å². The number of hydrogen-bond acceptors (Lipinski definition) is 4. The van der Waals surface area contributed by atoms with Crippen molar-refractivity contribution < 1.29 is 9.84 Å². The molecule has 0 unspecified atom stereocenters. The Morgan fingerprint density at radius 1 is 0.895 bits per heavy atom. The summed E-state index contributed by atoms with van der Waals surface area (Å²) in [7, 11) is 1.62. The van der Waals surface area contributed by atoms with Crippen molar-refractivity contribution in [1.82, 2.24) is 0 Å². The molecular formula is C15H16N2O2. The highest BCUT2D eigenvalue weighted by Gasteiger charge is 2.04. The number of aromatic hydroxyl groups is 1. The summed E-state index contributed by atoms with van der Waals surface area (Å²) in [5.74, 6) is 1.07. The van der Waals surface area contributed by atoms with Crippen molar-refractivity contribution in [2.45, 2.75) is 13.8 Å². The average molecular weight is 256 g/mol. The number of phenolic OH excluding ortho intramolecular Hbond substituents is 1. The Balaban J connectivity index is 2.25. The molecule has 0 amide bonds. The van der Waals surface area contributed by atoms with Crippen LogP contribution < -0.4 is 4.74 Å². The Kier molecular flexibility index (Phi) is 3.80. The van der Waals surface area contributed by atoms with Crippen LogP contribution in [0.15, 0.2) is 46.6 Å². The molecule has 2 aromatic carbocycles. The molecule has 98 valence electrons. The second-order valence-electron chi connectivity index (χ2n) is 4.25. The fourth-order valence-electron chi connectivity index (χ4n) is 1.66. The summed E-state index contributed by atoms with van der Waals surface area (Å²) in [6, 6.07) is 10.7. The van der Waals surface area contributed by atoms with Crippen molar-refractivity contribution in [2.75, 3.05) is 7.11 Å². The monoisotopic (exact) mass is 256 g/mol. The molecule has 0 aliphatic heterocycles. The van der Waals surface area contributed by atoms with Crippen LogP contribution in [0, 0.1) is 13.8 Å². The molecule has 0 radical (unpaired) electrons. The second kappa shape index (κ2) is 5.52. The lowest BCUT2D eigenvalue weighted by Gasteiger charge is -2.05. The third-order valence-corrected chi connectivity index (χ3v) is 3.08. The number of nitrogens with zero attached hydrogens (tertiary/aromatic N) is 2. The van der Waals surface area contributed by atoms with Crippen LogP contribution in [0.3, 0.4) is 0 Å². The second-order valence-corrected chi connectivity index (χ2v) is 4.25. The van der Waals surface area contributed by atoms with Crippen LogP contribution in [0.4, 0.5) is 11.4 Å². The standard InChI is InChI=1S/C15H16N2O2/c1-10-11(2)15(18)9-8-14(10)17-16-12-4-6-13(19-3)7-5-12/h4-9,18H,1-3H3. The van der Waals surface area contributed by atoms with Gasteiger partial charge in [-0.2, -0.15) is 10.2 Å². The van der Waals surface area contributed by atoms with E-state index >= 15 is 0 Å². The van der Waals surface area contributed by atoms with Crippen LogP contribution >= 0.6 is 0 Å². The van der Waals surface area contributed by atoms with E-state index < -0.39 is 0 Å². The molecule has 0 aliphatic rings. The zero-order valence-electron chi connectivity index (χ0n) is 11.2. The van der Waals surface area contributed by atoms with E-state index in [0.717, 1.165) is 28.3 Å². The summed E-state index contributed by atoms with van der Waals surface area (Å²) in [4.78, 5) is 0. The Morgan fingerprint density at radius 2 is 1.58 bits per heavy atom. The molecule has 0 saturated carbocycles. The SMILES string of the molecule is COc1ccc(N=Nc2ccc(O)c(C)c2C)cc1. The lowest BCUT2D eigenvalue weighted by molar-refractivity contribution is 0.415. The molecule has 4 heteroatoms. The average Bonchev–Trinajstić information content (AvgIpc) is 2.45. The van der Waals surface area contributed by atoms with Crippen molar-refractivity contribution in [1.29, 1.82) is 0 Å². The van der Waals surface area contributed by atoms with Crippen LogP contribution in [0.1, 0.15) is 11.1 Å². The van der Waals surface area contributed by atoms with Crippen molar-refractivity contribution in [2.24, 2.45) is 10.2 Å². The van der Waals surface area contributed by atoms with Gasteiger partial charge in [0.25, 0.3) is 0 Å². The summed E-state index contributed by atoms with van der Waals surface area (Å²) in [5, 5.41) is 18.0. The molecule has 0 saturated heterocycles. The first-order valence-corrected chi connectivity index (χ1v) is 5.97. The molecular weight excluding hydrogens is 240 g/mol. The first kappa shape index (κ1) is 13.1. The van der Waals surface area contributed by atoms with Crippen LogP contribution in [0.25, 0.3) is 0 Å². The molecule has 2 rings (SSSR count). The topological polar surface area (TPSA) is 54.2 Å². The van der Waals surface area contributed by atoms with E-state index in [2.05, 4.69) is 10.2 Å². The number of benzene rings is 2. The third-order valence-electron chi connectivity index (χ3n) is 3.08. The minimum absolute atomic E-state index is 0.279. The predicted octanol–water partition coefficient (Wildman–Crippen LogP) is 4.43. The van der Waals surface area contributed by atoms with E-state index in [1.54, 1.807) is 19.2 Å². The first-order chi connectivity index (χ1) is 9.11. The number of methoxy groups -OCH3 is 1. The van der Waals surface area contributed by atoms with E-state index in [9.17, 15) is 5.11 Å². The molecule has 2 aromatic rings. The van der Waals surface area contributed by atoms with Gasteiger partial charge in [0.2, 0.25) is 0 Å². The zero-order valence-corrected chi connectivity index (χ0v) is 11.2. The van der Waals surface area contributed by atoms with Gasteiger partial charge in [0, 0.05) is 0 Å². The summed E-state index contributed by atoms with van der Waals surface area (Å²) in [6.07, 6.45) is 0. The highest BCUT2D eigenvalue weighted by Crippen LogP contribution is 2.29. The Bertz CT molecular complexity index is 604. The van der Waals surface area contributed by atoms with Gasteiger partial charge >= 0.3 is 0 Å². The van der Waals surface area contributed by atoms with Gasteiger partial charge in [0.1, 0.15) is 11.5 Å². The third kappa shape index (κ3) is 2.91. The van der Waals surface area contributed by atoms with Crippen LogP contribution in [0.5, 0.6) is 11.5 Å². The summed E-state index contributed by atoms with van der Waals surface area (Å²) < 4.78 is 5.08. The normalized spacial score (nSPS) is 10.9. The molecule has 0 atom stereocenters. The first-order valence-electron chi connectivity index (χ1n) is 5.97. The van der Waals surface area contributed by atoms with Gasteiger partial charge in [0.15, 0.2) is 0 Å². The largest absolute Gasteiger partial charge is 0.508 e. The van der Waals surface area contributed by atoms with Gasteiger partial charge in [-0.05, 0) is 61.4 Å². The van der Waals surface area contributed by atoms with E-state index in [1.165, 1.54) is 0 Å². The van der Waals surface area contributed by atoms with Gasteiger partial charge in [-0.25, -0.2) is 0 Å². The van der Waals surface area contributed by atoms with Crippen molar-refractivity contribution in [3.63, 3.8) is 0 Å². The summed E-state index contributed by atoms with van der Waals surface area (Å²) in [5.41, 5.74) is 3.26. The zero-order chi connectivity index (χ0) is 13.8. The van der Waals surface area contributed by atoms with Gasteiger partial charge in [-0.3, -0.25) is 0 Å². The molecule has 0 bridgehead atoms. The fraction of sp³-hybridized carbons (Fsp3) is 0.200. The minimum atomic E-state index is 0.279. The maximum atomic E-state index is 9.58. The molecule has 0 fully saturated rings. The maximum Gasteiger partial charge on any atom is 0.119 e. The summed E-state index contributed by atoms with van der Waals surface area (Å²) in [6.45, 7) is 3.77. The van der Waals surface area contributed by atoms with E-state index in [0.29, 0.717) is 0 Å². The highest BCUT2D eigenvalue weighted by atomic mass is 16.5. The quantitative estimate of drug-likeness (QED) is 0.826. The Hall–Kier alpha value is -2.36. The maximum absolute atomic E-state index is 9.58. The van der Waals surface area contributed by atoms with E-state index in [-0.39, 0.29) is 5.75 Å². The smallest absolute Gasteiger partial charge is 0.119 e. The number of ether oxygens (including phenoxy) is 1. The lowest BCUT2D eigenvalue weighted by Crippen LogP contribution is -1.82. The van der Waals surface area contributed by atoms with Crippen LogP contribution in [0.2, 0.25) is 0 Å². The predicted molar refractivity (Wildman–Crippen MR) is 74.8 cm³/mol. The molecule has 1 N–H and O–H groups in total. The van der Waals surface area contributed by atoms with Crippen LogP contribution in [-0.4, -0.2) is 12.2 Å². The van der Waals surface area contributed by atoms with E-state index in [4.69, 9.17) is 4.74 Å². The van der Waals surface area contributed by atoms with Gasteiger partial charge < -0.3 is 9.84 Å². The van der Waals surface area contributed by atoms with Gasteiger partial charge in [-0.1, -0.05) is 0 Å². The number of rotatable bonds is 3. The summed E-state index contributed by atoms with van der Waals surface area (Å²) >= 11 is 0. The molecule has 19 heavy (non-hydrogen) atoms. The van der Waals surface area contributed by atoms with Gasteiger partial charge in [0.05, 0.1) is 18.5 Å². The molecule has 0 spiro atoms. The molecule has 0 aromatic heterocycles. The van der Waals surface area contributed by atoms with Crippen LogP contribution in [-0.2, 0) is 0 Å². The van der Waals surface area contributed by atoms with Crippen molar-refractivity contribution >= 4 is 11.4 Å². The Morgan fingerprint density at radius 3 is 2.21 bits per heavy atom. The van der Waals surface area contributed by atoms with Crippen molar-refractivity contribution in [3.8, 4) is 11.5 Å².